The van der Waals surface area contributed by atoms with Crippen molar-refractivity contribution in [3.63, 3.8) is 0 Å². The molecule has 5 heteroatoms. The Morgan fingerprint density at radius 1 is 1.65 bits per heavy atom. The molecule has 2 rings (SSSR count). The van der Waals surface area contributed by atoms with Crippen molar-refractivity contribution in [1.29, 1.82) is 0 Å². The Bertz CT molecular complexity index is 334. The Labute approximate surface area is 102 Å². The van der Waals surface area contributed by atoms with E-state index < -0.39 is 0 Å². The lowest BCUT2D eigenvalue weighted by Crippen LogP contribution is -2.32. The zero-order valence-corrected chi connectivity index (χ0v) is 10.4. The molecule has 1 aliphatic rings. The average Bonchev–Trinajstić information content (AvgIpc) is 2.91. The topological polar surface area (TPSA) is 61.4 Å². The van der Waals surface area contributed by atoms with Gasteiger partial charge in [0.1, 0.15) is 5.82 Å². The lowest BCUT2D eigenvalue weighted by atomic mass is 10.1. The van der Waals surface area contributed by atoms with Crippen LogP contribution >= 0.6 is 0 Å². The number of ether oxygens (including phenoxy) is 1. The molecule has 96 valence electrons. The number of aliphatic hydroxyl groups excluding tert-OH is 1. The number of hydrogen-bond acceptors (Lipinski definition) is 4. The Hall–Kier alpha value is -0.910. The molecule has 0 aliphatic carbocycles. The van der Waals surface area contributed by atoms with Crippen LogP contribution < -0.4 is 0 Å². The summed E-state index contributed by atoms with van der Waals surface area (Å²) in [6.07, 6.45) is 2.99. The summed E-state index contributed by atoms with van der Waals surface area (Å²) in [7, 11) is 0. The van der Waals surface area contributed by atoms with Gasteiger partial charge in [-0.15, -0.1) is 0 Å². The maximum atomic E-state index is 9.10. The molecule has 1 saturated heterocycles. The standard InChI is InChI=1S/C12H21N3O2/c1-10-13-6-12(14-10)8-15(3-4-16)7-11-2-5-17-9-11/h6,11,16H,2-5,7-9H2,1H3,(H,13,14). The van der Waals surface area contributed by atoms with Gasteiger partial charge >= 0.3 is 0 Å². The first-order valence-corrected chi connectivity index (χ1v) is 6.19. The van der Waals surface area contributed by atoms with Gasteiger partial charge in [0.25, 0.3) is 0 Å². The third-order valence-electron chi connectivity index (χ3n) is 3.11. The summed E-state index contributed by atoms with van der Waals surface area (Å²) in [4.78, 5) is 9.67. The zero-order valence-electron chi connectivity index (χ0n) is 10.4. The SMILES string of the molecule is Cc1ncc(CN(CCO)CC2CCOC2)[nH]1. The van der Waals surface area contributed by atoms with Crippen LogP contribution in [-0.4, -0.2) is 52.9 Å². The van der Waals surface area contributed by atoms with Crippen LogP contribution in [0.1, 0.15) is 17.9 Å². The molecule has 2 N–H and O–H groups in total. The second kappa shape index (κ2) is 6.14. The lowest BCUT2D eigenvalue weighted by Gasteiger charge is -2.23. The summed E-state index contributed by atoms with van der Waals surface area (Å²) in [5.41, 5.74) is 1.11. The summed E-state index contributed by atoms with van der Waals surface area (Å²) in [6, 6.07) is 0. The second-order valence-electron chi connectivity index (χ2n) is 4.68. The highest BCUT2D eigenvalue weighted by Crippen LogP contribution is 2.15. The van der Waals surface area contributed by atoms with Crippen LogP contribution in [0, 0.1) is 12.8 Å². The molecule has 1 aromatic rings. The van der Waals surface area contributed by atoms with Crippen LogP contribution in [0.4, 0.5) is 0 Å². The molecule has 1 unspecified atom stereocenters. The van der Waals surface area contributed by atoms with Crippen LogP contribution in [0.15, 0.2) is 6.20 Å². The van der Waals surface area contributed by atoms with Gasteiger partial charge < -0.3 is 14.8 Å². The van der Waals surface area contributed by atoms with Gasteiger partial charge in [-0.25, -0.2) is 4.98 Å². The molecule has 0 amide bonds. The molecule has 0 radical (unpaired) electrons. The Balaban J connectivity index is 1.87. The molecule has 1 aliphatic heterocycles. The third-order valence-corrected chi connectivity index (χ3v) is 3.11. The van der Waals surface area contributed by atoms with E-state index in [0.29, 0.717) is 12.5 Å². The van der Waals surface area contributed by atoms with Gasteiger partial charge in [0, 0.05) is 38.1 Å². The highest BCUT2D eigenvalue weighted by molar-refractivity contribution is 4.99. The summed E-state index contributed by atoms with van der Waals surface area (Å²) >= 11 is 0. The van der Waals surface area contributed by atoms with Crippen molar-refractivity contribution in [2.24, 2.45) is 5.92 Å². The minimum Gasteiger partial charge on any atom is -0.395 e. The second-order valence-corrected chi connectivity index (χ2v) is 4.68. The molecule has 1 atom stereocenters. The number of nitrogens with zero attached hydrogens (tertiary/aromatic N) is 2. The largest absolute Gasteiger partial charge is 0.395 e. The average molecular weight is 239 g/mol. The van der Waals surface area contributed by atoms with Gasteiger partial charge in [-0.1, -0.05) is 0 Å². The predicted octanol–water partition coefficient (Wildman–Crippen LogP) is 0.549. The van der Waals surface area contributed by atoms with Crippen LogP contribution in [0.5, 0.6) is 0 Å². The Morgan fingerprint density at radius 3 is 3.12 bits per heavy atom. The van der Waals surface area contributed by atoms with Crippen LogP contribution in [0.25, 0.3) is 0 Å². The van der Waals surface area contributed by atoms with E-state index >= 15 is 0 Å². The van der Waals surface area contributed by atoms with Crippen molar-refractivity contribution in [2.75, 3.05) is 32.9 Å². The van der Waals surface area contributed by atoms with E-state index in [2.05, 4.69) is 14.9 Å². The van der Waals surface area contributed by atoms with E-state index in [1.165, 1.54) is 0 Å². The predicted molar refractivity (Wildman–Crippen MR) is 64.6 cm³/mol. The number of hydrogen-bond donors (Lipinski definition) is 2. The maximum Gasteiger partial charge on any atom is 0.103 e. The highest BCUT2D eigenvalue weighted by Gasteiger charge is 2.19. The maximum absolute atomic E-state index is 9.10. The van der Waals surface area contributed by atoms with Crippen molar-refractivity contribution >= 4 is 0 Å². The van der Waals surface area contributed by atoms with Gasteiger partial charge in [-0.05, 0) is 19.3 Å². The first-order valence-electron chi connectivity index (χ1n) is 6.19. The van der Waals surface area contributed by atoms with Crippen LogP contribution in [0.3, 0.4) is 0 Å². The Morgan fingerprint density at radius 2 is 2.53 bits per heavy atom. The number of H-pyrrole nitrogens is 1. The van der Waals surface area contributed by atoms with Crippen LogP contribution in [-0.2, 0) is 11.3 Å². The Kier molecular flexibility index (Phi) is 4.53. The number of imidazole rings is 1. The van der Waals surface area contributed by atoms with Crippen molar-refractivity contribution in [1.82, 2.24) is 14.9 Å². The molecular formula is C12H21N3O2. The fourth-order valence-electron chi connectivity index (χ4n) is 2.26. The van der Waals surface area contributed by atoms with Gasteiger partial charge in [-0.3, -0.25) is 4.90 Å². The minimum absolute atomic E-state index is 0.195. The number of aromatic amines is 1. The molecule has 0 spiro atoms. The molecule has 0 aromatic carbocycles. The monoisotopic (exact) mass is 239 g/mol. The summed E-state index contributed by atoms with van der Waals surface area (Å²) in [6.45, 7) is 6.38. The van der Waals surface area contributed by atoms with E-state index in [-0.39, 0.29) is 6.61 Å². The summed E-state index contributed by atoms with van der Waals surface area (Å²) < 4.78 is 5.38. The van der Waals surface area contributed by atoms with E-state index in [1.54, 1.807) is 0 Å². The number of aromatic nitrogens is 2. The molecule has 1 aromatic heterocycles. The summed E-state index contributed by atoms with van der Waals surface area (Å²) in [5.74, 6) is 1.54. The number of aliphatic hydroxyl groups is 1. The fourth-order valence-corrected chi connectivity index (χ4v) is 2.26. The van der Waals surface area contributed by atoms with Gasteiger partial charge in [-0.2, -0.15) is 0 Å². The number of rotatable bonds is 6. The van der Waals surface area contributed by atoms with Crippen molar-refractivity contribution in [3.8, 4) is 0 Å². The molecule has 0 saturated carbocycles. The quantitative estimate of drug-likeness (QED) is 0.761. The summed E-state index contributed by atoms with van der Waals surface area (Å²) in [5, 5.41) is 9.10. The van der Waals surface area contributed by atoms with Gasteiger partial charge in [0.05, 0.1) is 13.2 Å². The molecular weight excluding hydrogens is 218 g/mol. The van der Waals surface area contributed by atoms with Crippen molar-refractivity contribution < 1.29 is 9.84 Å². The number of nitrogens with one attached hydrogen (secondary N) is 1. The molecule has 5 nitrogen and oxygen atoms in total. The first-order chi connectivity index (χ1) is 8.28. The minimum atomic E-state index is 0.195. The first kappa shape index (κ1) is 12.5. The fraction of sp³-hybridized carbons (Fsp3) is 0.750. The van der Waals surface area contributed by atoms with Crippen molar-refractivity contribution in [3.05, 3.63) is 17.7 Å². The molecule has 1 fully saturated rings. The van der Waals surface area contributed by atoms with Crippen molar-refractivity contribution in [2.45, 2.75) is 19.9 Å². The normalized spacial score (nSPS) is 20.3. The third kappa shape index (κ3) is 3.80. The molecule has 17 heavy (non-hydrogen) atoms. The smallest absolute Gasteiger partial charge is 0.103 e. The highest BCUT2D eigenvalue weighted by atomic mass is 16.5. The molecule has 0 bridgehead atoms. The van der Waals surface area contributed by atoms with E-state index in [9.17, 15) is 0 Å². The number of aryl methyl sites for hydroxylation is 1. The van der Waals surface area contributed by atoms with E-state index in [0.717, 1.165) is 44.2 Å². The van der Waals surface area contributed by atoms with E-state index in [1.807, 2.05) is 13.1 Å². The molecule has 2 heterocycles. The van der Waals surface area contributed by atoms with E-state index in [4.69, 9.17) is 9.84 Å². The van der Waals surface area contributed by atoms with Crippen LogP contribution in [0.2, 0.25) is 0 Å². The zero-order chi connectivity index (χ0) is 12.1. The lowest BCUT2D eigenvalue weighted by molar-refractivity contribution is 0.146. The van der Waals surface area contributed by atoms with Gasteiger partial charge in [0.2, 0.25) is 0 Å². The van der Waals surface area contributed by atoms with Gasteiger partial charge in [0.15, 0.2) is 0 Å².